The van der Waals surface area contributed by atoms with Gasteiger partial charge in [-0.05, 0) is 43.7 Å². The summed E-state index contributed by atoms with van der Waals surface area (Å²) in [5.41, 5.74) is 3.28. The minimum atomic E-state index is 0.413. The van der Waals surface area contributed by atoms with Crippen LogP contribution in [-0.2, 0) is 6.54 Å². The first kappa shape index (κ1) is 15.0. The van der Waals surface area contributed by atoms with Crippen LogP contribution in [-0.4, -0.2) is 25.8 Å². The molecule has 0 bridgehead atoms. The molecule has 0 aliphatic carbocycles. The molecule has 4 heterocycles. The first-order valence-corrected chi connectivity index (χ1v) is 9.71. The summed E-state index contributed by atoms with van der Waals surface area (Å²) in [4.78, 5) is 12.3. The molecule has 1 saturated heterocycles. The topological polar surface area (TPSA) is 33.4 Å². The lowest BCUT2D eigenvalue weighted by Gasteiger charge is -2.33. The maximum atomic E-state index is 4.92. The molecule has 0 N–H and O–H groups in total. The zero-order valence-corrected chi connectivity index (χ0v) is 14.8. The van der Waals surface area contributed by atoms with Crippen molar-refractivity contribution in [2.75, 3.05) is 6.54 Å². The molecule has 25 heavy (non-hydrogen) atoms. The van der Waals surface area contributed by atoms with Crippen LogP contribution < -0.4 is 0 Å². The highest BCUT2D eigenvalue weighted by atomic mass is 32.1. The first-order valence-electron chi connectivity index (χ1n) is 8.89. The highest BCUT2D eigenvalue weighted by Crippen LogP contribution is 2.36. The minimum Gasteiger partial charge on any atom is -0.307 e. The van der Waals surface area contributed by atoms with Gasteiger partial charge in [0.15, 0.2) is 0 Å². The number of rotatable bonds is 3. The second-order valence-electron chi connectivity index (χ2n) is 6.70. The Morgan fingerprint density at radius 3 is 2.88 bits per heavy atom. The maximum Gasteiger partial charge on any atom is 0.137 e. The van der Waals surface area contributed by atoms with E-state index in [9.17, 15) is 0 Å². The third kappa shape index (κ3) is 2.83. The van der Waals surface area contributed by atoms with Gasteiger partial charge in [-0.15, -0.1) is 11.3 Å². The van der Waals surface area contributed by atoms with E-state index in [2.05, 4.69) is 52.0 Å². The fraction of sp³-hybridized carbons (Fsp3) is 0.300. The van der Waals surface area contributed by atoms with Crippen molar-refractivity contribution in [2.45, 2.75) is 31.8 Å². The standard InChI is InChI=1S/C20H20N4S/c1-2-9-18-16(7-1)22-20(25-18)17-8-3-5-11-23(17)13-15-14-24-12-6-4-10-19(24)21-15/h1-2,4,6-7,9-10,12,14,17H,3,5,8,11,13H2. The predicted molar refractivity (Wildman–Crippen MR) is 102 cm³/mol. The Bertz CT molecular complexity index is 953. The van der Waals surface area contributed by atoms with Crippen molar-refractivity contribution in [1.29, 1.82) is 0 Å². The van der Waals surface area contributed by atoms with Gasteiger partial charge in [-0.25, -0.2) is 9.97 Å². The molecule has 1 aliphatic rings. The fourth-order valence-corrected chi connectivity index (χ4v) is 4.90. The van der Waals surface area contributed by atoms with Crippen LogP contribution in [0.4, 0.5) is 0 Å². The van der Waals surface area contributed by atoms with Gasteiger partial charge >= 0.3 is 0 Å². The number of benzene rings is 1. The molecule has 1 fully saturated rings. The van der Waals surface area contributed by atoms with Crippen LogP contribution in [0.3, 0.4) is 0 Å². The van der Waals surface area contributed by atoms with Gasteiger partial charge in [0, 0.05) is 18.9 Å². The third-order valence-electron chi connectivity index (χ3n) is 4.99. The Kier molecular flexibility index (Phi) is 3.76. The average Bonchev–Trinajstić information content (AvgIpc) is 3.25. The van der Waals surface area contributed by atoms with Crippen LogP contribution in [0.25, 0.3) is 15.9 Å². The third-order valence-corrected chi connectivity index (χ3v) is 6.13. The molecule has 3 aromatic heterocycles. The number of hydrogen-bond acceptors (Lipinski definition) is 4. The Morgan fingerprint density at radius 2 is 1.96 bits per heavy atom. The fourth-order valence-electron chi connectivity index (χ4n) is 3.76. The van der Waals surface area contributed by atoms with Crippen molar-refractivity contribution in [3.05, 3.63) is 65.6 Å². The number of hydrogen-bond donors (Lipinski definition) is 0. The normalized spacial score (nSPS) is 19.0. The van der Waals surface area contributed by atoms with E-state index in [1.807, 2.05) is 23.5 Å². The number of piperidine rings is 1. The molecule has 0 radical (unpaired) electrons. The van der Waals surface area contributed by atoms with E-state index in [-0.39, 0.29) is 0 Å². The van der Waals surface area contributed by atoms with E-state index in [4.69, 9.17) is 9.97 Å². The highest BCUT2D eigenvalue weighted by molar-refractivity contribution is 7.18. The zero-order chi connectivity index (χ0) is 16.6. The summed E-state index contributed by atoms with van der Waals surface area (Å²) in [6.07, 6.45) is 7.94. The van der Waals surface area contributed by atoms with Gasteiger partial charge < -0.3 is 4.40 Å². The molecule has 0 spiro atoms. The molecule has 0 amide bonds. The molecule has 1 atom stereocenters. The molecule has 1 aliphatic heterocycles. The predicted octanol–water partition coefficient (Wildman–Crippen LogP) is 4.67. The lowest BCUT2D eigenvalue weighted by molar-refractivity contribution is 0.139. The van der Waals surface area contributed by atoms with Crippen molar-refractivity contribution in [3.8, 4) is 0 Å². The molecule has 4 nitrogen and oxygen atoms in total. The van der Waals surface area contributed by atoms with Gasteiger partial charge in [0.1, 0.15) is 10.7 Å². The van der Waals surface area contributed by atoms with E-state index >= 15 is 0 Å². The number of para-hydroxylation sites is 1. The van der Waals surface area contributed by atoms with Crippen LogP contribution in [0.15, 0.2) is 54.9 Å². The second kappa shape index (κ2) is 6.24. The maximum absolute atomic E-state index is 4.92. The monoisotopic (exact) mass is 348 g/mol. The Labute approximate surface area is 150 Å². The van der Waals surface area contributed by atoms with Crippen LogP contribution in [0.5, 0.6) is 0 Å². The van der Waals surface area contributed by atoms with Gasteiger partial charge in [0.05, 0.1) is 22.0 Å². The van der Waals surface area contributed by atoms with Crippen LogP contribution in [0.2, 0.25) is 0 Å². The average molecular weight is 348 g/mol. The summed E-state index contributed by atoms with van der Waals surface area (Å²) in [5, 5.41) is 1.25. The molecule has 5 rings (SSSR count). The lowest BCUT2D eigenvalue weighted by Crippen LogP contribution is -2.33. The highest BCUT2D eigenvalue weighted by Gasteiger charge is 2.27. The first-order chi connectivity index (χ1) is 12.4. The summed E-state index contributed by atoms with van der Waals surface area (Å²) in [6, 6.07) is 15.0. The van der Waals surface area contributed by atoms with Gasteiger partial charge in [-0.2, -0.15) is 0 Å². The van der Waals surface area contributed by atoms with Gasteiger partial charge in [0.25, 0.3) is 0 Å². The Balaban J connectivity index is 1.45. The lowest BCUT2D eigenvalue weighted by atomic mass is 10.0. The number of likely N-dealkylation sites (tertiary alicyclic amines) is 1. The van der Waals surface area contributed by atoms with E-state index in [0.29, 0.717) is 6.04 Å². The molecule has 126 valence electrons. The van der Waals surface area contributed by atoms with Crippen molar-refractivity contribution < 1.29 is 0 Å². The van der Waals surface area contributed by atoms with Crippen LogP contribution in [0.1, 0.15) is 36.0 Å². The van der Waals surface area contributed by atoms with Crippen molar-refractivity contribution >= 4 is 27.2 Å². The molecule has 1 unspecified atom stereocenters. The van der Waals surface area contributed by atoms with Gasteiger partial charge in [0.2, 0.25) is 0 Å². The molecular weight excluding hydrogens is 328 g/mol. The number of fused-ring (bicyclic) bond motifs is 2. The van der Waals surface area contributed by atoms with Gasteiger partial charge in [-0.3, -0.25) is 4.90 Å². The molecule has 0 saturated carbocycles. The molecule has 4 aromatic rings. The summed E-state index contributed by atoms with van der Waals surface area (Å²) < 4.78 is 3.39. The largest absolute Gasteiger partial charge is 0.307 e. The van der Waals surface area contributed by atoms with Crippen LogP contribution >= 0.6 is 11.3 Å². The zero-order valence-electron chi connectivity index (χ0n) is 14.0. The van der Waals surface area contributed by atoms with E-state index in [1.54, 1.807) is 0 Å². The van der Waals surface area contributed by atoms with Crippen molar-refractivity contribution in [3.63, 3.8) is 0 Å². The summed E-state index contributed by atoms with van der Waals surface area (Å²) >= 11 is 1.84. The van der Waals surface area contributed by atoms with Crippen LogP contribution in [0, 0.1) is 0 Å². The minimum absolute atomic E-state index is 0.413. The number of imidazole rings is 1. The van der Waals surface area contributed by atoms with E-state index in [0.717, 1.165) is 29.9 Å². The van der Waals surface area contributed by atoms with E-state index < -0.39 is 0 Å². The number of thiazole rings is 1. The number of pyridine rings is 1. The van der Waals surface area contributed by atoms with Crippen molar-refractivity contribution in [1.82, 2.24) is 19.3 Å². The number of aromatic nitrogens is 3. The van der Waals surface area contributed by atoms with E-state index in [1.165, 1.54) is 29.0 Å². The molecular formula is C20H20N4S. The van der Waals surface area contributed by atoms with Gasteiger partial charge in [-0.1, -0.05) is 24.6 Å². The number of nitrogens with zero attached hydrogens (tertiary/aromatic N) is 4. The second-order valence-corrected chi connectivity index (χ2v) is 7.76. The summed E-state index contributed by atoms with van der Waals surface area (Å²) in [5.74, 6) is 0. The Morgan fingerprint density at radius 1 is 1.04 bits per heavy atom. The summed E-state index contributed by atoms with van der Waals surface area (Å²) in [7, 11) is 0. The summed E-state index contributed by atoms with van der Waals surface area (Å²) in [6.45, 7) is 2.01. The van der Waals surface area contributed by atoms with Crippen molar-refractivity contribution in [2.24, 2.45) is 0 Å². The SMILES string of the molecule is c1ccc2sc(C3CCCCN3Cc3cn4ccccc4n3)nc2c1. The smallest absolute Gasteiger partial charge is 0.137 e. The quantitative estimate of drug-likeness (QED) is 0.539. The Hall–Kier alpha value is -2.24. The molecule has 5 heteroatoms. The molecule has 1 aromatic carbocycles.